The van der Waals surface area contributed by atoms with E-state index in [1.165, 1.54) is 83.3 Å². The molecule has 0 aliphatic carbocycles. The summed E-state index contributed by atoms with van der Waals surface area (Å²) in [5, 5.41) is 22.5. The first-order chi connectivity index (χ1) is 33.6. The predicted molar refractivity (Wildman–Crippen MR) is 262 cm³/mol. The summed E-state index contributed by atoms with van der Waals surface area (Å²) in [6.45, 7) is 2.99. The molecule has 1 unspecified atom stereocenters. The van der Waals surface area contributed by atoms with Gasteiger partial charge in [0, 0.05) is 59.3 Å². The highest BCUT2D eigenvalue weighted by atomic mass is 32.2. The molecule has 22 heteroatoms. The quantitative estimate of drug-likeness (QED) is 0.120. The van der Waals surface area contributed by atoms with Crippen molar-refractivity contribution in [1.82, 2.24) is 20.6 Å². The summed E-state index contributed by atoms with van der Waals surface area (Å²) < 4.78 is 52.4. The van der Waals surface area contributed by atoms with Crippen LogP contribution >= 0.6 is 22.7 Å². The Morgan fingerprint density at radius 2 is 1.13 bits per heavy atom. The van der Waals surface area contributed by atoms with Gasteiger partial charge in [-0.25, -0.2) is 26.8 Å². The fraction of sp³-hybridized carbons (Fsp3) is 0.271. The molecule has 0 bridgehead atoms. The number of nitrogens with one attached hydrogen (secondary N) is 4. The summed E-state index contributed by atoms with van der Waals surface area (Å²) in [5.74, 6) is -1.71. The summed E-state index contributed by atoms with van der Waals surface area (Å²) in [6.07, 6.45) is 8.22. The Balaban J connectivity index is 0.000000174. The van der Waals surface area contributed by atoms with Crippen LogP contribution in [0.2, 0.25) is 0 Å². The first-order valence-electron chi connectivity index (χ1n) is 22.4. The third-order valence-electron chi connectivity index (χ3n) is 12.0. The Kier molecular flexibility index (Phi) is 13.9. The molecule has 4 aliphatic heterocycles. The van der Waals surface area contributed by atoms with E-state index in [-0.39, 0.29) is 78.2 Å². The summed E-state index contributed by atoms with van der Waals surface area (Å²) in [4.78, 5) is 77.1. The van der Waals surface area contributed by atoms with Gasteiger partial charge in [-0.05, 0) is 92.8 Å². The molecule has 2 fully saturated rings. The lowest BCUT2D eigenvalue weighted by Gasteiger charge is -2.20. The van der Waals surface area contributed by atoms with Crippen LogP contribution in [0.1, 0.15) is 89.7 Å². The van der Waals surface area contributed by atoms with E-state index in [1.54, 1.807) is 36.7 Å². The number of sulfone groups is 2. The monoisotopic (exact) mass is 1020 g/mol. The SMILES string of the molecule is O=C(NCc1cnc(N2CCCCC(O)C2)s1)c1ccc2c(c1)NC(=O)c1ccccc1S2(=O)=O.O=C1CCCCN(c2ncc(CNC(=O)c3ccc4c(c3)NC(=O)c3ccccc3S4(=O)=O)s2)C1. The maximum atomic E-state index is 13.1. The molecule has 18 nitrogen and oxygen atoms in total. The molecule has 0 saturated carbocycles. The van der Waals surface area contributed by atoms with Crippen molar-refractivity contribution in [3.8, 4) is 0 Å². The van der Waals surface area contributed by atoms with Crippen LogP contribution in [0, 0.1) is 0 Å². The summed E-state index contributed by atoms with van der Waals surface area (Å²) in [5.41, 5.74) is 0.691. The molecular weight excluding hydrogens is 977 g/mol. The number of anilines is 4. The standard InChI is InChI=1S/C24H24N4O5S2.C24H22N4O5S2/c2*29-16-5-3-4-10-28(14-16)24-26-13-17(34-24)12-25-22(30)15-8-9-21-19(11-15)27-23(31)18-6-1-2-7-20(18)35(21,32)33/h1-2,6-9,11,13,16,29H,3-5,10,12,14H2,(H,25,30)(H,27,31);1-2,6-9,11,13H,3-5,10,12,14H2,(H,25,30)(H,27,31). The number of fused-ring (bicyclic) bond motifs is 4. The molecule has 2 aromatic heterocycles. The van der Waals surface area contributed by atoms with E-state index < -0.39 is 43.3 Å². The van der Waals surface area contributed by atoms with Gasteiger partial charge in [-0.15, -0.1) is 22.7 Å². The zero-order chi connectivity index (χ0) is 49.2. The van der Waals surface area contributed by atoms with E-state index in [1.807, 2.05) is 4.90 Å². The number of ketones is 1. The molecule has 0 radical (unpaired) electrons. The van der Waals surface area contributed by atoms with E-state index in [0.29, 0.717) is 19.5 Å². The fourth-order valence-electron chi connectivity index (χ4n) is 8.44. The second-order valence-electron chi connectivity index (χ2n) is 16.9. The van der Waals surface area contributed by atoms with Gasteiger partial charge in [0.15, 0.2) is 16.0 Å². The second kappa shape index (κ2) is 20.2. The second-order valence-corrected chi connectivity index (χ2v) is 22.9. The van der Waals surface area contributed by atoms with Gasteiger partial charge in [-0.2, -0.15) is 0 Å². The Labute approximate surface area is 411 Å². The Hall–Kier alpha value is -6.85. The Bertz CT molecular complexity index is 3280. The number of rotatable bonds is 8. The van der Waals surface area contributed by atoms with Gasteiger partial charge in [-0.1, -0.05) is 24.3 Å². The zero-order valence-electron chi connectivity index (χ0n) is 37.3. The van der Waals surface area contributed by atoms with Gasteiger partial charge in [0.1, 0.15) is 0 Å². The fourth-order valence-corrected chi connectivity index (χ4v) is 13.4. The summed E-state index contributed by atoms with van der Waals surface area (Å²) >= 11 is 2.88. The van der Waals surface area contributed by atoms with Crippen LogP contribution in [-0.2, 0) is 37.6 Å². The number of nitrogens with zero attached hydrogens (tertiary/aromatic N) is 4. The minimum absolute atomic E-state index is 0.0564. The molecular formula is C48H46N8O10S4. The van der Waals surface area contributed by atoms with Gasteiger partial charge in [-0.3, -0.25) is 24.0 Å². The highest BCUT2D eigenvalue weighted by molar-refractivity contribution is 7.92. The maximum Gasteiger partial charge on any atom is 0.257 e. The summed E-state index contributed by atoms with van der Waals surface area (Å²) in [6, 6.07) is 20.3. The molecule has 6 heterocycles. The van der Waals surface area contributed by atoms with E-state index in [0.717, 1.165) is 65.2 Å². The van der Waals surface area contributed by atoms with Crippen molar-refractivity contribution < 1.29 is 45.9 Å². The predicted octanol–water partition coefficient (Wildman–Crippen LogP) is 5.85. The van der Waals surface area contributed by atoms with Crippen molar-refractivity contribution in [1.29, 1.82) is 0 Å². The number of hydrogen-bond donors (Lipinski definition) is 5. The number of aromatic nitrogens is 2. The van der Waals surface area contributed by atoms with Crippen LogP contribution in [0.15, 0.2) is 117 Å². The molecule has 70 heavy (non-hydrogen) atoms. The van der Waals surface area contributed by atoms with E-state index in [2.05, 4.69) is 36.1 Å². The van der Waals surface area contributed by atoms with Gasteiger partial charge in [0.2, 0.25) is 19.7 Å². The van der Waals surface area contributed by atoms with Crippen LogP contribution in [0.5, 0.6) is 0 Å². The number of amides is 4. The van der Waals surface area contributed by atoms with E-state index >= 15 is 0 Å². The first kappa shape index (κ1) is 48.2. The molecule has 4 aromatic carbocycles. The molecule has 4 aliphatic rings. The van der Waals surface area contributed by atoms with Crippen molar-refractivity contribution in [3.05, 3.63) is 129 Å². The Morgan fingerprint density at radius 1 is 0.643 bits per heavy atom. The average Bonchev–Trinajstić information content (AvgIpc) is 3.88. The molecule has 4 amide bonds. The average molecular weight is 1020 g/mol. The third kappa shape index (κ3) is 10.2. The molecule has 362 valence electrons. The Morgan fingerprint density at radius 3 is 1.67 bits per heavy atom. The smallest absolute Gasteiger partial charge is 0.257 e. The van der Waals surface area contributed by atoms with Crippen LogP contribution in [0.3, 0.4) is 0 Å². The molecule has 2 saturated heterocycles. The number of benzene rings is 4. The van der Waals surface area contributed by atoms with Crippen molar-refractivity contribution >= 4 is 93.4 Å². The number of carbonyl (C=O) groups excluding carboxylic acids is 5. The summed E-state index contributed by atoms with van der Waals surface area (Å²) in [7, 11) is -7.86. The number of thiazole rings is 2. The van der Waals surface area contributed by atoms with Crippen molar-refractivity contribution in [2.45, 2.75) is 77.3 Å². The number of Topliss-reactive ketones (excluding diaryl/α,β-unsaturated/α-hetero) is 1. The topological polar surface area (TPSA) is 254 Å². The minimum Gasteiger partial charge on any atom is -0.391 e. The van der Waals surface area contributed by atoms with Gasteiger partial charge in [0.25, 0.3) is 23.6 Å². The lowest BCUT2D eigenvalue weighted by atomic mass is 10.1. The van der Waals surface area contributed by atoms with Crippen LogP contribution in [0.4, 0.5) is 21.6 Å². The van der Waals surface area contributed by atoms with E-state index in [9.17, 15) is 45.9 Å². The maximum absolute atomic E-state index is 13.1. The van der Waals surface area contributed by atoms with Crippen LogP contribution < -0.4 is 31.1 Å². The third-order valence-corrected chi connectivity index (χ3v) is 17.9. The van der Waals surface area contributed by atoms with Crippen molar-refractivity contribution in [3.63, 3.8) is 0 Å². The van der Waals surface area contributed by atoms with Crippen LogP contribution in [-0.4, -0.2) is 93.6 Å². The van der Waals surface area contributed by atoms with E-state index in [4.69, 9.17) is 0 Å². The van der Waals surface area contributed by atoms with Crippen molar-refractivity contribution in [2.24, 2.45) is 0 Å². The number of carbonyl (C=O) groups is 5. The lowest BCUT2D eigenvalue weighted by molar-refractivity contribution is -0.117. The number of hydrogen-bond acceptors (Lipinski definition) is 16. The highest BCUT2D eigenvalue weighted by Crippen LogP contribution is 2.36. The molecule has 1 atom stereocenters. The van der Waals surface area contributed by atoms with Gasteiger partial charge in [0.05, 0.1) is 67.8 Å². The number of β-amino-alcohol motifs (C(OH)–C–C–N with tert-alkyl or cyclic N) is 1. The van der Waals surface area contributed by atoms with Crippen molar-refractivity contribution in [2.75, 3.05) is 46.6 Å². The largest absolute Gasteiger partial charge is 0.391 e. The molecule has 10 rings (SSSR count). The first-order valence-corrected chi connectivity index (χ1v) is 27.0. The molecule has 5 N–H and O–H groups in total. The normalized spacial score (nSPS) is 18.0. The van der Waals surface area contributed by atoms with Gasteiger partial charge >= 0.3 is 0 Å². The zero-order valence-corrected chi connectivity index (χ0v) is 40.6. The number of aliphatic hydroxyl groups excluding tert-OH is 1. The van der Waals surface area contributed by atoms with Crippen LogP contribution in [0.25, 0.3) is 0 Å². The highest BCUT2D eigenvalue weighted by Gasteiger charge is 2.33. The lowest BCUT2D eigenvalue weighted by Crippen LogP contribution is -2.30. The molecule has 0 spiro atoms. The molecule has 6 aromatic rings. The minimum atomic E-state index is -3.93. The number of aliphatic hydroxyl groups is 1. The van der Waals surface area contributed by atoms with Gasteiger partial charge < -0.3 is 36.2 Å².